The van der Waals surface area contributed by atoms with E-state index in [1.807, 2.05) is 11.8 Å². The van der Waals surface area contributed by atoms with Crippen molar-refractivity contribution in [2.24, 2.45) is 5.92 Å². The fourth-order valence-corrected chi connectivity index (χ4v) is 3.58. The summed E-state index contributed by atoms with van der Waals surface area (Å²) < 4.78 is 5.50. The molecule has 2 atom stereocenters. The van der Waals surface area contributed by atoms with E-state index in [1.54, 1.807) is 0 Å². The molecule has 3 rings (SSSR count). The number of carbonyl (C=O) groups excluding carboxylic acids is 2. The minimum atomic E-state index is -0.254. The Morgan fingerprint density at radius 1 is 1.21 bits per heavy atom. The average molecular weight is 338 g/mol. The van der Waals surface area contributed by atoms with Gasteiger partial charge in [0.1, 0.15) is 6.04 Å². The molecule has 136 valence electrons. The van der Waals surface area contributed by atoms with E-state index in [1.165, 1.54) is 6.42 Å². The Kier molecular flexibility index (Phi) is 6.08. The van der Waals surface area contributed by atoms with E-state index in [0.29, 0.717) is 25.0 Å². The summed E-state index contributed by atoms with van der Waals surface area (Å²) in [6.45, 7) is 8.21. The molecule has 24 heavy (non-hydrogen) atoms. The molecule has 7 nitrogen and oxygen atoms in total. The van der Waals surface area contributed by atoms with Crippen molar-refractivity contribution in [3.05, 3.63) is 0 Å². The third-order valence-corrected chi connectivity index (χ3v) is 5.46. The highest BCUT2D eigenvalue weighted by Crippen LogP contribution is 2.28. The van der Waals surface area contributed by atoms with Crippen LogP contribution in [0.4, 0.5) is 0 Å². The molecule has 0 radical (unpaired) electrons. The predicted molar refractivity (Wildman–Crippen MR) is 90.6 cm³/mol. The van der Waals surface area contributed by atoms with Crippen LogP contribution in [0.1, 0.15) is 26.2 Å². The third-order valence-electron chi connectivity index (χ3n) is 5.46. The minimum absolute atomic E-state index is 0.0148. The summed E-state index contributed by atoms with van der Waals surface area (Å²) in [6, 6.07) is -0.254. The van der Waals surface area contributed by atoms with Crippen molar-refractivity contribution in [1.29, 1.82) is 0 Å². The topological polar surface area (TPSA) is 73.9 Å². The summed E-state index contributed by atoms with van der Waals surface area (Å²) >= 11 is 0. The lowest BCUT2D eigenvalue weighted by Crippen LogP contribution is -2.56. The number of amides is 2. The molecule has 0 aromatic carbocycles. The van der Waals surface area contributed by atoms with E-state index in [2.05, 4.69) is 15.5 Å². The average Bonchev–Trinajstić information content (AvgIpc) is 2.54. The van der Waals surface area contributed by atoms with Crippen molar-refractivity contribution in [2.45, 2.75) is 38.3 Å². The molecule has 0 bridgehead atoms. The van der Waals surface area contributed by atoms with Crippen LogP contribution in [0.15, 0.2) is 0 Å². The lowest BCUT2D eigenvalue weighted by atomic mass is 9.84. The molecule has 0 spiro atoms. The maximum absolute atomic E-state index is 12.2. The first-order chi connectivity index (χ1) is 11.6. The van der Waals surface area contributed by atoms with Gasteiger partial charge in [0, 0.05) is 51.7 Å². The first-order valence-electron chi connectivity index (χ1n) is 9.29. The smallest absolute Gasteiger partial charge is 0.239 e. The summed E-state index contributed by atoms with van der Waals surface area (Å²) in [7, 11) is 0. The molecule has 1 saturated carbocycles. The summed E-state index contributed by atoms with van der Waals surface area (Å²) in [5.74, 6) is 0.663. The van der Waals surface area contributed by atoms with Crippen molar-refractivity contribution >= 4 is 11.8 Å². The molecule has 0 aromatic heterocycles. The van der Waals surface area contributed by atoms with E-state index in [9.17, 15) is 9.59 Å². The van der Waals surface area contributed by atoms with Crippen molar-refractivity contribution in [2.75, 3.05) is 52.4 Å². The van der Waals surface area contributed by atoms with Crippen LogP contribution in [0.25, 0.3) is 0 Å². The normalized spacial score (nSPS) is 29.1. The number of nitrogens with zero attached hydrogens (tertiary/aromatic N) is 2. The van der Waals surface area contributed by atoms with Gasteiger partial charge in [-0.1, -0.05) is 6.42 Å². The van der Waals surface area contributed by atoms with Gasteiger partial charge in [0.05, 0.1) is 12.7 Å². The highest BCUT2D eigenvalue weighted by atomic mass is 16.5. The van der Waals surface area contributed by atoms with E-state index in [-0.39, 0.29) is 18.1 Å². The second kappa shape index (κ2) is 8.27. The molecule has 3 aliphatic rings. The molecule has 7 heteroatoms. The third kappa shape index (κ3) is 4.26. The lowest BCUT2D eigenvalue weighted by Gasteiger charge is -2.38. The molecular formula is C17H30N4O3. The number of rotatable bonds is 5. The molecule has 2 aliphatic heterocycles. The summed E-state index contributed by atoms with van der Waals surface area (Å²) in [4.78, 5) is 28.7. The molecule has 1 aliphatic carbocycles. The van der Waals surface area contributed by atoms with E-state index >= 15 is 0 Å². The van der Waals surface area contributed by atoms with Crippen LogP contribution in [0.5, 0.6) is 0 Å². The zero-order valence-electron chi connectivity index (χ0n) is 14.6. The number of piperazine rings is 1. The highest BCUT2D eigenvalue weighted by molar-refractivity contribution is 5.82. The molecule has 0 aromatic rings. The van der Waals surface area contributed by atoms with Gasteiger partial charge in [-0.05, 0) is 19.8 Å². The second-order valence-corrected chi connectivity index (χ2v) is 7.09. The maximum atomic E-state index is 12.2. The van der Waals surface area contributed by atoms with E-state index in [0.717, 1.165) is 52.1 Å². The van der Waals surface area contributed by atoms with E-state index in [4.69, 9.17) is 4.74 Å². The van der Waals surface area contributed by atoms with Gasteiger partial charge in [0.15, 0.2) is 0 Å². The van der Waals surface area contributed by atoms with Crippen LogP contribution < -0.4 is 10.6 Å². The zero-order chi connectivity index (χ0) is 16.9. The molecule has 2 heterocycles. The van der Waals surface area contributed by atoms with Crippen LogP contribution in [-0.4, -0.2) is 86.2 Å². The van der Waals surface area contributed by atoms with Gasteiger partial charge >= 0.3 is 0 Å². The maximum Gasteiger partial charge on any atom is 0.239 e. The molecule has 2 amide bonds. The Hall–Kier alpha value is -1.18. The molecule has 3 fully saturated rings. The highest BCUT2D eigenvalue weighted by Gasteiger charge is 2.31. The van der Waals surface area contributed by atoms with Crippen LogP contribution >= 0.6 is 0 Å². The number of ether oxygens (including phenoxy) is 1. The molecular weight excluding hydrogens is 308 g/mol. The molecule has 2 N–H and O–H groups in total. The van der Waals surface area contributed by atoms with Crippen LogP contribution in [0, 0.1) is 5.92 Å². The second-order valence-electron chi connectivity index (χ2n) is 7.09. The van der Waals surface area contributed by atoms with Crippen molar-refractivity contribution < 1.29 is 14.3 Å². The van der Waals surface area contributed by atoms with Gasteiger partial charge in [-0.25, -0.2) is 0 Å². The monoisotopic (exact) mass is 338 g/mol. The first kappa shape index (κ1) is 17.6. The van der Waals surface area contributed by atoms with Crippen molar-refractivity contribution in [3.63, 3.8) is 0 Å². The fraction of sp³-hybridized carbons (Fsp3) is 0.882. The summed E-state index contributed by atoms with van der Waals surface area (Å²) in [6.07, 6.45) is 3.26. The van der Waals surface area contributed by atoms with Crippen molar-refractivity contribution in [3.8, 4) is 0 Å². The van der Waals surface area contributed by atoms with E-state index < -0.39 is 0 Å². The van der Waals surface area contributed by atoms with Crippen LogP contribution in [0.3, 0.4) is 0 Å². The SMILES string of the molecule is C[C@H]1OCCN[C@@H]1C(=O)NCCN1CCN(C(=O)C2CCC2)CC1. The standard InChI is InChI=1S/C17H30N4O3/c1-13-15(18-6-12-24-13)16(22)19-5-7-20-8-10-21(11-9-20)17(23)14-3-2-4-14/h13-15,18H,2-12H2,1H3,(H,19,22)/t13-,15+/m1/s1. The first-order valence-corrected chi connectivity index (χ1v) is 9.29. The van der Waals surface area contributed by atoms with Gasteiger partial charge in [-0.3, -0.25) is 14.5 Å². The van der Waals surface area contributed by atoms with Gasteiger partial charge in [-0.15, -0.1) is 0 Å². The Morgan fingerprint density at radius 3 is 2.58 bits per heavy atom. The number of nitrogens with one attached hydrogen (secondary N) is 2. The lowest BCUT2D eigenvalue weighted by molar-refractivity contribution is -0.139. The number of hydrogen-bond donors (Lipinski definition) is 2. The Balaban J connectivity index is 1.32. The quantitative estimate of drug-likeness (QED) is 0.702. The van der Waals surface area contributed by atoms with Gasteiger partial charge in [0.2, 0.25) is 11.8 Å². The predicted octanol–water partition coefficient (Wildman–Crippen LogP) is -0.576. The number of carbonyl (C=O) groups is 2. The summed E-state index contributed by atoms with van der Waals surface area (Å²) in [5.41, 5.74) is 0. The Bertz CT molecular complexity index is 447. The minimum Gasteiger partial charge on any atom is -0.375 e. The zero-order valence-corrected chi connectivity index (χ0v) is 14.6. The molecule has 2 saturated heterocycles. The fourth-order valence-electron chi connectivity index (χ4n) is 3.58. The van der Waals surface area contributed by atoms with Gasteiger partial charge < -0.3 is 20.3 Å². The Morgan fingerprint density at radius 2 is 1.96 bits per heavy atom. The van der Waals surface area contributed by atoms with Gasteiger partial charge in [0.25, 0.3) is 0 Å². The van der Waals surface area contributed by atoms with Crippen LogP contribution in [0.2, 0.25) is 0 Å². The van der Waals surface area contributed by atoms with Gasteiger partial charge in [-0.2, -0.15) is 0 Å². The van der Waals surface area contributed by atoms with Crippen LogP contribution in [-0.2, 0) is 14.3 Å². The van der Waals surface area contributed by atoms with Crippen molar-refractivity contribution in [1.82, 2.24) is 20.4 Å². The summed E-state index contributed by atoms with van der Waals surface area (Å²) in [5, 5.41) is 6.20. The largest absolute Gasteiger partial charge is 0.375 e. The Labute approximate surface area is 144 Å². The number of hydrogen-bond acceptors (Lipinski definition) is 5. The molecule has 0 unspecified atom stereocenters. The number of morpholine rings is 1.